The van der Waals surface area contributed by atoms with Crippen molar-refractivity contribution < 1.29 is 23.4 Å². The van der Waals surface area contributed by atoms with E-state index in [9.17, 15) is 0 Å². The number of fused-ring (bicyclic) bond motifs is 2. The minimum atomic E-state index is 0.244. The number of aromatic nitrogens is 3. The van der Waals surface area contributed by atoms with Crippen LogP contribution in [0.4, 0.5) is 0 Å². The van der Waals surface area contributed by atoms with Crippen LogP contribution in [0.3, 0.4) is 0 Å². The Hall–Kier alpha value is -4.31. The first-order valence-corrected chi connectivity index (χ1v) is 12.5. The summed E-state index contributed by atoms with van der Waals surface area (Å²) in [5, 5.41) is 8.17. The van der Waals surface area contributed by atoms with Gasteiger partial charge in [0, 0.05) is 28.8 Å². The number of aryl methyl sites for hydroxylation is 1. The minimum absolute atomic E-state index is 0.244. The third-order valence-electron chi connectivity index (χ3n) is 5.77. The predicted octanol–water partition coefficient (Wildman–Crippen LogP) is 6.29. The number of hydrogen-bond acceptors (Lipinski definition) is 9. The predicted molar refractivity (Wildman–Crippen MR) is 141 cm³/mol. The van der Waals surface area contributed by atoms with Gasteiger partial charge in [-0.1, -0.05) is 0 Å². The summed E-state index contributed by atoms with van der Waals surface area (Å²) >= 11 is 1.55. The summed E-state index contributed by atoms with van der Waals surface area (Å²) in [4.78, 5) is 9.36. The van der Waals surface area contributed by atoms with E-state index in [0.717, 1.165) is 44.7 Å². The summed E-state index contributed by atoms with van der Waals surface area (Å²) in [6.45, 7) is 6.32. The van der Waals surface area contributed by atoms with Crippen molar-refractivity contribution in [3.8, 4) is 45.0 Å². The lowest BCUT2D eigenvalue weighted by Gasteiger charge is -2.08. The number of nitrogens with zero attached hydrogens (tertiary/aromatic N) is 4. The van der Waals surface area contributed by atoms with E-state index >= 15 is 0 Å². The Kier molecular flexibility index (Phi) is 5.80. The SMILES string of the molecule is COc1cc(OCc2csc(-c3ccc4c(c3)OCO4)n2)c2cc(-c3cn(N=C(C)C)c(C)n3)oc2c1. The van der Waals surface area contributed by atoms with Gasteiger partial charge in [-0.05, 0) is 45.0 Å². The standard InChI is InChI=1S/C27H24N4O5S/c1-15(2)30-31-11-21(28-16(31)3)25-10-20-23(8-19(32-4)9-24(20)36-25)33-12-18-13-37-27(29-18)17-5-6-22-26(7-17)35-14-34-22/h5-11,13H,12,14H2,1-4H3. The van der Waals surface area contributed by atoms with E-state index < -0.39 is 0 Å². The van der Waals surface area contributed by atoms with Gasteiger partial charge in [-0.3, -0.25) is 0 Å². The van der Waals surface area contributed by atoms with Crippen LogP contribution in [-0.2, 0) is 6.61 Å². The monoisotopic (exact) mass is 516 g/mol. The second kappa shape index (κ2) is 9.29. The second-order valence-corrected chi connectivity index (χ2v) is 9.57. The molecule has 0 radical (unpaired) electrons. The van der Waals surface area contributed by atoms with Gasteiger partial charge in [0.15, 0.2) is 17.3 Å². The number of ether oxygens (including phenoxy) is 4. The summed E-state index contributed by atoms with van der Waals surface area (Å²) in [6.07, 6.45) is 1.85. The van der Waals surface area contributed by atoms with Crippen LogP contribution in [0.2, 0.25) is 0 Å². The fourth-order valence-corrected chi connectivity index (χ4v) is 4.83. The zero-order valence-corrected chi connectivity index (χ0v) is 21.6. The molecule has 0 saturated carbocycles. The van der Waals surface area contributed by atoms with Gasteiger partial charge in [-0.15, -0.1) is 11.3 Å². The molecule has 5 aromatic rings. The van der Waals surface area contributed by atoms with E-state index in [1.807, 2.05) is 68.7 Å². The molecule has 10 heteroatoms. The molecule has 9 nitrogen and oxygen atoms in total. The zero-order valence-electron chi connectivity index (χ0n) is 20.8. The number of thiazole rings is 1. The first kappa shape index (κ1) is 23.1. The number of benzene rings is 2. The van der Waals surface area contributed by atoms with Crippen LogP contribution in [0.15, 0.2) is 57.5 Å². The smallest absolute Gasteiger partial charge is 0.231 e. The lowest BCUT2D eigenvalue weighted by atomic mass is 10.2. The van der Waals surface area contributed by atoms with E-state index in [0.29, 0.717) is 35.1 Å². The van der Waals surface area contributed by atoms with Crippen molar-refractivity contribution in [1.29, 1.82) is 0 Å². The van der Waals surface area contributed by atoms with Crippen LogP contribution in [-0.4, -0.2) is 34.3 Å². The Labute approximate surface area is 216 Å². The Balaban J connectivity index is 1.27. The molecular formula is C27H24N4O5S. The van der Waals surface area contributed by atoms with Crippen molar-refractivity contribution in [2.24, 2.45) is 5.10 Å². The number of methoxy groups -OCH3 is 1. The normalized spacial score (nSPS) is 12.2. The van der Waals surface area contributed by atoms with Gasteiger partial charge in [0.25, 0.3) is 0 Å². The average molecular weight is 517 g/mol. The fourth-order valence-electron chi connectivity index (χ4n) is 4.03. The molecule has 0 aliphatic carbocycles. The maximum absolute atomic E-state index is 6.21. The average Bonchev–Trinajstić information content (AvgIpc) is 3.68. The molecule has 6 rings (SSSR count). The van der Waals surface area contributed by atoms with Gasteiger partial charge in [-0.2, -0.15) is 5.10 Å². The highest BCUT2D eigenvalue weighted by molar-refractivity contribution is 7.13. The molecule has 188 valence electrons. The number of hydrogen-bond donors (Lipinski definition) is 0. The van der Waals surface area contributed by atoms with Crippen LogP contribution in [0.25, 0.3) is 33.0 Å². The zero-order chi connectivity index (χ0) is 25.5. The quantitative estimate of drug-likeness (QED) is 0.235. The molecule has 2 aromatic carbocycles. The van der Waals surface area contributed by atoms with Crippen molar-refractivity contribution in [1.82, 2.24) is 14.6 Å². The third kappa shape index (κ3) is 4.51. The van der Waals surface area contributed by atoms with E-state index in [2.05, 4.69) is 10.1 Å². The molecule has 37 heavy (non-hydrogen) atoms. The first-order chi connectivity index (χ1) is 18.0. The van der Waals surface area contributed by atoms with Crippen LogP contribution >= 0.6 is 11.3 Å². The van der Waals surface area contributed by atoms with Crippen molar-refractivity contribution in [2.75, 3.05) is 13.9 Å². The summed E-state index contributed by atoms with van der Waals surface area (Å²) in [5.74, 6) is 4.15. The van der Waals surface area contributed by atoms with Crippen molar-refractivity contribution in [3.63, 3.8) is 0 Å². The van der Waals surface area contributed by atoms with Crippen LogP contribution < -0.4 is 18.9 Å². The molecule has 1 aliphatic rings. The highest BCUT2D eigenvalue weighted by Gasteiger charge is 2.18. The summed E-state index contributed by atoms with van der Waals surface area (Å²) in [6, 6.07) is 11.4. The molecule has 4 heterocycles. The molecule has 3 aromatic heterocycles. The molecule has 1 aliphatic heterocycles. The van der Waals surface area contributed by atoms with Crippen molar-refractivity contribution in [2.45, 2.75) is 27.4 Å². The Morgan fingerprint density at radius 2 is 1.97 bits per heavy atom. The summed E-state index contributed by atoms with van der Waals surface area (Å²) in [7, 11) is 1.61. The van der Waals surface area contributed by atoms with Crippen LogP contribution in [0, 0.1) is 6.92 Å². The molecule has 0 fully saturated rings. The number of furan rings is 1. The topological polar surface area (TPSA) is 93.1 Å². The van der Waals surface area contributed by atoms with Gasteiger partial charge in [0.2, 0.25) is 6.79 Å². The Morgan fingerprint density at radius 1 is 1.11 bits per heavy atom. The molecule has 0 atom stereocenters. The second-order valence-electron chi connectivity index (χ2n) is 8.71. The van der Waals surface area contributed by atoms with Gasteiger partial charge in [0.05, 0.1) is 24.4 Å². The largest absolute Gasteiger partial charge is 0.496 e. The van der Waals surface area contributed by atoms with Gasteiger partial charge in [0.1, 0.15) is 40.2 Å². The van der Waals surface area contributed by atoms with Crippen LogP contribution in [0.5, 0.6) is 23.0 Å². The molecule has 0 spiro atoms. The summed E-state index contributed by atoms with van der Waals surface area (Å²) < 4.78 is 30.5. The van der Waals surface area contributed by atoms with Crippen molar-refractivity contribution in [3.05, 3.63) is 59.5 Å². The highest BCUT2D eigenvalue weighted by Crippen LogP contribution is 2.38. The fraction of sp³-hybridized carbons (Fsp3) is 0.222. The van der Waals surface area contributed by atoms with E-state index in [1.54, 1.807) is 23.1 Å². The maximum Gasteiger partial charge on any atom is 0.231 e. The molecular weight excluding hydrogens is 492 g/mol. The van der Waals surface area contributed by atoms with E-state index in [-0.39, 0.29) is 6.79 Å². The van der Waals surface area contributed by atoms with Gasteiger partial charge >= 0.3 is 0 Å². The summed E-state index contributed by atoms with van der Waals surface area (Å²) in [5.41, 5.74) is 4.06. The van der Waals surface area contributed by atoms with Crippen LogP contribution in [0.1, 0.15) is 25.4 Å². The first-order valence-electron chi connectivity index (χ1n) is 11.6. The third-order valence-corrected chi connectivity index (χ3v) is 6.71. The Bertz CT molecular complexity index is 1640. The lowest BCUT2D eigenvalue weighted by Crippen LogP contribution is -1.97. The molecule has 0 amide bonds. The van der Waals surface area contributed by atoms with Gasteiger partial charge in [-0.25, -0.2) is 14.6 Å². The van der Waals surface area contributed by atoms with Crippen molar-refractivity contribution >= 4 is 28.0 Å². The Morgan fingerprint density at radius 3 is 2.81 bits per heavy atom. The number of imidazole rings is 1. The molecule has 0 N–H and O–H groups in total. The highest BCUT2D eigenvalue weighted by atomic mass is 32.1. The van der Waals surface area contributed by atoms with E-state index in [4.69, 9.17) is 28.3 Å². The minimum Gasteiger partial charge on any atom is -0.496 e. The number of rotatable bonds is 7. The van der Waals surface area contributed by atoms with E-state index in [1.165, 1.54) is 0 Å². The van der Waals surface area contributed by atoms with Gasteiger partial charge < -0.3 is 23.4 Å². The lowest BCUT2D eigenvalue weighted by molar-refractivity contribution is 0.174. The molecule has 0 unspecified atom stereocenters. The maximum atomic E-state index is 6.21. The molecule has 0 bridgehead atoms. The molecule has 0 saturated heterocycles.